The van der Waals surface area contributed by atoms with Gasteiger partial charge in [0.05, 0.1) is 11.5 Å². The molecule has 0 aliphatic carbocycles. The second-order valence-corrected chi connectivity index (χ2v) is 5.74. The molecule has 1 amide bonds. The van der Waals surface area contributed by atoms with Crippen LogP contribution in [0.3, 0.4) is 0 Å². The molecular formula is C11H15NO4S. The second kappa shape index (κ2) is 5.29. The summed E-state index contributed by atoms with van der Waals surface area (Å²) >= 11 is 0. The van der Waals surface area contributed by atoms with Gasteiger partial charge in [0.1, 0.15) is 0 Å². The molecule has 0 unspecified atom stereocenters. The molecule has 0 atom stereocenters. The largest absolute Gasteiger partial charge is 0.395 e. The zero-order valence-electron chi connectivity index (χ0n) is 9.73. The number of sulfone groups is 1. The molecule has 2 N–H and O–H groups in total. The Labute approximate surface area is 100 Å². The highest BCUT2D eigenvalue weighted by atomic mass is 32.2. The average Bonchev–Trinajstić information content (AvgIpc) is 2.24. The van der Waals surface area contributed by atoms with E-state index in [4.69, 9.17) is 5.11 Å². The molecule has 1 aromatic carbocycles. The first-order valence-electron chi connectivity index (χ1n) is 5.06. The van der Waals surface area contributed by atoms with E-state index in [0.717, 1.165) is 6.26 Å². The van der Waals surface area contributed by atoms with Gasteiger partial charge in [-0.15, -0.1) is 0 Å². The minimum absolute atomic E-state index is 0.109. The molecule has 0 saturated heterocycles. The summed E-state index contributed by atoms with van der Waals surface area (Å²) in [5.74, 6) is -0.387. The molecular weight excluding hydrogens is 242 g/mol. The van der Waals surface area contributed by atoms with Crippen molar-refractivity contribution in [2.45, 2.75) is 11.8 Å². The molecule has 0 aliphatic heterocycles. The number of carbonyl (C=O) groups is 1. The van der Waals surface area contributed by atoms with Crippen molar-refractivity contribution in [2.75, 3.05) is 19.4 Å². The predicted octanol–water partition coefficient (Wildman–Crippen LogP) is 0.121. The molecule has 94 valence electrons. The maximum Gasteiger partial charge on any atom is 0.251 e. The number of amides is 1. The Kier molecular flexibility index (Phi) is 4.25. The van der Waals surface area contributed by atoms with E-state index in [9.17, 15) is 13.2 Å². The van der Waals surface area contributed by atoms with Crippen LogP contribution in [0.5, 0.6) is 0 Å². The van der Waals surface area contributed by atoms with Gasteiger partial charge in [0.15, 0.2) is 9.84 Å². The standard InChI is InChI=1S/C11H15NO4S/c1-8-3-4-9(17(2,15)16)7-10(8)11(14)12-5-6-13/h3-4,7,13H,5-6H2,1-2H3,(H,12,14). The van der Waals surface area contributed by atoms with Gasteiger partial charge in [0.2, 0.25) is 0 Å². The molecule has 17 heavy (non-hydrogen) atoms. The van der Waals surface area contributed by atoms with Gasteiger partial charge in [-0.3, -0.25) is 4.79 Å². The number of rotatable bonds is 4. The Morgan fingerprint density at radius 1 is 1.41 bits per heavy atom. The first-order valence-corrected chi connectivity index (χ1v) is 6.95. The lowest BCUT2D eigenvalue weighted by atomic mass is 10.1. The molecule has 0 aliphatic rings. The fourth-order valence-corrected chi connectivity index (χ4v) is 1.99. The fraction of sp³-hybridized carbons (Fsp3) is 0.364. The van der Waals surface area contributed by atoms with Crippen LogP contribution in [-0.2, 0) is 9.84 Å². The van der Waals surface area contributed by atoms with Gasteiger partial charge in [-0.25, -0.2) is 8.42 Å². The highest BCUT2D eigenvalue weighted by molar-refractivity contribution is 7.90. The number of aryl methyl sites for hydroxylation is 1. The van der Waals surface area contributed by atoms with Gasteiger partial charge in [-0.1, -0.05) is 6.07 Å². The summed E-state index contributed by atoms with van der Waals surface area (Å²) in [6.45, 7) is 1.71. The van der Waals surface area contributed by atoms with Gasteiger partial charge < -0.3 is 10.4 Å². The highest BCUT2D eigenvalue weighted by Gasteiger charge is 2.13. The maximum absolute atomic E-state index is 11.7. The minimum Gasteiger partial charge on any atom is -0.395 e. The van der Waals surface area contributed by atoms with Crippen molar-refractivity contribution in [3.63, 3.8) is 0 Å². The number of carbonyl (C=O) groups excluding carboxylic acids is 1. The van der Waals surface area contributed by atoms with E-state index in [1.807, 2.05) is 0 Å². The van der Waals surface area contributed by atoms with Gasteiger partial charge in [0.25, 0.3) is 5.91 Å². The zero-order valence-corrected chi connectivity index (χ0v) is 10.5. The lowest BCUT2D eigenvalue weighted by Gasteiger charge is -2.08. The molecule has 5 nitrogen and oxygen atoms in total. The van der Waals surface area contributed by atoms with Crippen LogP contribution in [0.1, 0.15) is 15.9 Å². The molecule has 1 rings (SSSR count). The topological polar surface area (TPSA) is 83.5 Å². The Bertz CT molecular complexity index is 522. The van der Waals surface area contributed by atoms with E-state index in [-0.39, 0.29) is 24.0 Å². The number of hydrogen-bond donors (Lipinski definition) is 2. The Hall–Kier alpha value is -1.40. The van der Waals surface area contributed by atoms with Crippen molar-refractivity contribution in [2.24, 2.45) is 0 Å². The first-order chi connectivity index (χ1) is 7.86. The number of benzene rings is 1. The first kappa shape index (κ1) is 13.7. The van der Waals surface area contributed by atoms with Crippen molar-refractivity contribution < 1.29 is 18.3 Å². The van der Waals surface area contributed by atoms with Crippen LogP contribution in [0.4, 0.5) is 0 Å². The number of aliphatic hydroxyl groups excluding tert-OH is 1. The Morgan fingerprint density at radius 2 is 2.06 bits per heavy atom. The van der Waals surface area contributed by atoms with Gasteiger partial charge in [-0.05, 0) is 24.6 Å². The summed E-state index contributed by atoms with van der Waals surface area (Å²) < 4.78 is 22.7. The summed E-state index contributed by atoms with van der Waals surface area (Å²) in [6, 6.07) is 4.40. The summed E-state index contributed by atoms with van der Waals surface area (Å²) in [5.41, 5.74) is 0.995. The quantitative estimate of drug-likeness (QED) is 0.802. The third-order valence-corrected chi connectivity index (χ3v) is 3.39. The smallest absolute Gasteiger partial charge is 0.251 e. The predicted molar refractivity (Wildman–Crippen MR) is 63.7 cm³/mol. The molecule has 0 bridgehead atoms. The van der Waals surface area contributed by atoms with Crippen LogP contribution < -0.4 is 5.32 Å². The number of nitrogens with one attached hydrogen (secondary N) is 1. The van der Waals surface area contributed by atoms with E-state index in [2.05, 4.69) is 5.32 Å². The van der Waals surface area contributed by atoms with Crippen LogP contribution in [0.2, 0.25) is 0 Å². The summed E-state index contributed by atoms with van der Waals surface area (Å²) in [5, 5.41) is 11.1. The SMILES string of the molecule is Cc1ccc(S(C)(=O)=O)cc1C(=O)NCCO. The van der Waals surface area contributed by atoms with E-state index in [0.29, 0.717) is 11.1 Å². The summed E-state index contributed by atoms with van der Waals surface area (Å²) in [6.07, 6.45) is 1.09. The Morgan fingerprint density at radius 3 is 2.59 bits per heavy atom. The lowest BCUT2D eigenvalue weighted by Crippen LogP contribution is -2.27. The summed E-state index contributed by atoms with van der Waals surface area (Å²) in [4.78, 5) is 11.8. The zero-order chi connectivity index (χ0) is 13.1. The minimum atomic E-state index is -3.33. The molecule has 0 aromatic heterocycles. The van der Waals surface area contributed by atoms with Gasteiger partial charge in [-0.2, -0.15) is 0 Å². The van der Waals surface area contributed by atoms with Gasteiger partial charge in [0, 0.05) is 18.4 Å². The molecule has 0 spiro atoms. The van der Waals surface area contributed by atoms with Crippen LogP contribution >= 0.6 is 0 Å². The van der Waals surface area contributed by atoms with Crippen molar-refractivity contribution >= 4 is 15.7 Å². The van der Waals surface area contributed by atoms with Crippen LogP contribution in [-0.4, -0.2) is 38.8 Å². The van der Waals surface area contributed by atoms with E-state index in [1.165, 1.54) is 12.1 Å². The third-order valence-electron chi connectivity index (χ3n) is 2.28. The monoisotopic (exact) mass is 257 g/mol. The van der Waals surface area contributed by atoms with Crippen molar-refractivity contribution in [1.29, 1.82) is 0 Å². The van der Waals surface area contributed by atoms with Gasteiger partial charge >= 0.3 is 0 Å². The van der Waals surface area contributed by atoms with Crippen molar-refractivity contribution in [3.8, 4) is 0 Å². The fourth-order valence-electron chi connectivity index (χ4n) is 1.34. The van der Waals surface area contributed by atoms with Crippen LogP contribution in [0.25, 0.3) is 0 Å². The maximum atomic E-state index is 11.7. The molecule has 1 aromatic rings. The number of aliphatic hydroxyl groups is 1. The van der Waals surface area contributed by atoms with Crippen LogP contribution in [0.15, 0.2) is 23.1 Å². The highest BCUT2D eigenvalue weighted by Crippen LogP contribution is 2.15. The molecule has 0 saturated carbocycles. The van der Waals surface area contributed by atoms with E-state index < -0.39 is 9.84 Å². The average molecular weight is 257 g/mol. The second-order valence-electron chi connectivity index (χ2n) is 3.73. The summed E-state index contributed by atoms with van der Waals surface area (Å²) in [7, 11) is -3.33. The lowest BCUT2D eigenvalue weighted by molar-refractivity contribution is 0.0944. The molecule has 0 radical (unpaired) electrons. The van der Waals surface area contributed by atoms with Crippen LogP contribution in [0, 0.1) is 6.92 Å². The third kappa shape index (κ3) is 3.54. The Balaban J connectivity index is 3.11. The number of hydrogen-bond acceptors (Lipinski definition) is 4. The molecule has 0 heterocycles. The molecule has 6 heteroatoms. The van der Waals surface area contributed by atoms with E-state index >= 15 is 0 Å². The van der Waals surface area contributed by atoms with E-state index in [1.54, 1.807) is 13.0 Å². The van der Waals surface area contributed by atoms with Crippen molar-refractivity contribution in [3.05, 3.63) is 29.3 Å². The normalized spacial score (nSPS) is 11.2. The van der Waals surface area contributed by atoms with Crippen molar-refractivity contribution in [1.82, 2.24) is 5.32 Å². The molecule has 0 fully saturated rings.